The lowest BCUT2D eigenvalue weighted by atomic mass is 10.0. The maximum absolute atomic E-state index is 13.6. The van der Waals surface area contributed by atoms with E-state index in [9.17, 15) is 9.59 Å². The summed E-state index contributed by atoms with van der Waals surface area (Å²) in [5, 5.41) is 0.939. The van der Waals surface area contributed by atoms with Gasteiger partial charge in [0.15, 0.2) is 0 Å². The van der Waals surface area contributed by atoms with Gasteiger partial charge in [0, 0.05) is 21.2 Å². The van der Waals surface area contributed by atoms with Crippen molar-refractivity contribution in [3.05, 3.63) is 109 Å². The fourth-order valence-corrected chi connectivity index (χ4v) is 4.18. The van der Waals surface area contributed by atoms with Crippen molar-refractivity contribution in [3.8, 4) is 0 Å². The maximum atomic E-state index is 13.6. The van der Waals surface area contributed by atoms with E-state index >= 15 is 0 Å². The average molecular weight is 475 g/mol. The number of benzene rings is 3. The SMILES string of the molecule is Cc1ccc2cc(CN(C(=O)c3ccccc3Br)c3cccc(C)c3C)c(=O)[nH]c2c1. The molecule has 31 heavy (non-hydrogen) atoms. The first-order valence-electron chi connectivity index (χ1n) is 10.1. The molecule has 0 aliphatic rings. The monoisotopic (exact) mass is 474 g/mol. The van der Waals surface area contributed by atoms with Crippen LogP contribution in [0.25, 0.3) is 10.9 Å². The highest BCUT2D eigenvalue weighted by atomic mass is 79.9. The van der Waals surface area contributed by atoms with Crippen molar-refractivity contribution in [1.29, 1.82) is 0 Å². The zero-order valence-corrected chi connectivity index (χ0v) is 19.3. The summed E-state index contributed by atoms with van der Waals surface area (Å²) in [7, 11) is 0. The Morgan fingerprint density at radius 1 is 0.968 bits per heavy atom. The number of aryl methyl sites for hydroxylation is 2. The number of aromatic nitrogens is 1. The Balaban J connectivity index is 1.84. The van der Waals surface area contributed by atoms with Gasteiger partial charge >= 0.3 is 0 Å². The van der Waals surface area contributed by atoms with Crippen LogP contribution in [0.3, 0.4) is 0 Å². The second kappa shape index (κ2) is 8.52. The summed E-state index contributed by atoms with van der Waals surface area (Å²) in [5.41, 5.74) is 5.67. The molecule has 0 radical (unpaired) electrons. The van der Waals surface area contributed by atoms with Gasteiger partial charge in [0.25, 0.3) is 11.5 Å². The molecule has 4 aromatic rings. The van der Waals surface area contributed by atoms with Gasteiger partial charge in [-0.05, 0) is 89.1 Å². The summed E-state index contributed by atoms with van der Waals surface area (Å²) in [4.78, 5) is 31.2. The average Bonchev–Trinajstić information content (AvgIpc) is 2.74. The Labute approximate surface area is 189 Å². The number of rotatable bonds is 4. The third-order valence-electron chi connectivity index (χ3n) is 5.62. The van der Waals surface area contributed by atoms with E-state index in [-0.39, 0.29) is 18.0 Å². The molecule has 4 nitrogen and oxygen atoms in total. The second-order valence-electron chi connectivity index (χ2n) is 7.80. The van der Waals surface area contributed by atoms with Gasteiger partial charge in [-0.1, -0.05) is 36.4 Å². The summed E-state index contributed by atoms with van der Waals surface area (Å²) in [6, 6.07) is 21.1. The van der Waals surface area contributed by atoms with Gasteiger partial charge in [0.1, 0.15) is 0 Å². The van der Waals surface area contributed by atoms with Crippen molar-refractivity contribution in [2.24, 2.45) is 0 Å². The number of anilines is 1. The molecule has 4 rings (SSSR count). The molecule has 1 heterocycles. The zero-order chi connectivity index (χ0) is 22.1. The third kappa shape index (κ3) is 4.19. The van der Waals surface area contributed by atoms with Crippen LogP contribution in [-0.2, 0) is 6.54 Å². The minimum absolute atomic E-state index is 0.162. The number of hydrogen-bond acceptors (Lipinski definition) is 2. The molecular weight excluding hydrogens is 452 g/mol. The first-order chi connectivity index (χ1) is 14.8. The lowest BCUT2D eigenvalue weighted by Gasteiger charge is -2.26. The molecule has 0 aliphatic carbocycles. The first kappa shape index (κ1) is 21.1. The van der Waals surface area contributed by atoms with Crippen LogP contribution in [0, 0.1) is 20.8 Å². The number of halogens is 1. The summed E-state index contributed by atoms with van der Waals surface area (Å²) in [6.45, 7) is 6.18. The van der Waals surface area contributed by atoms with Crippen LogP contribution in [0.4, 0.5) is 5.69 Å². The molecule has 1 amide bonds. The van der Waals surface area contributed by atoms with Crippen LogP contribution in [0.1, 0.15) is 32.6 Å². The predicted molar refractivity (Wildman–Crippen MR) is 130 cm³/mol. The minimum Gasteiger partial charge on any atom is -0.322 e. The van der Waals surface area contributed by atoms with Crippen LogP contribution in [0.5, 0.6) is 0 Å². The van der Waals surface area contributed by atoms with E-state index in [1.54, 1.807) is 11.0 Å². The van der Waals surface area contributed by atoms with Gasteiger partial charge in [-0.15, -0.1) is 0 Å². The molecule has 0 unspecified atom stereocenters. The number of hydrogen-bond donors (Lipinski definition) is 1. The standard InChI is InChI=1S/C26H23BrN2O2/c1-16-11-12-19-14-20(25(30)28-23(19)13-16)15-29(24-10-6-7-17(2)18(24)3)26(31)21-8-4-5-9-22(21)27/h4-14H,15H2,1-3H3,(H,28,30). The van der Waals surface area contributed by atoms with E-state index in [0.717, 1.165) is 37.8 Å². The molecule has 1 N–H and O–H groups in total. The number of aromatic amines is 1. The lowest BCUT2D eigenvalue weighted by molar-refractivity contribution is 0.0984. The minimum atomic E-state index is -0.187. The van der Waals surface area contributed by atoms with E-state index in [1.165, 1.54) is 0 Å². The van der Waals surface area contributed by atoms with Crippen molar-refractivity contribution in [2.75, 3.05) is 4.90 Å². The number of carbonyl (C=O) groups is 1. The number of nitrogens with zero attached hydrogens (tertiary/aromatic N) is 1. The van der Waals surface area contributed by atoms with Crippen molar-refractivity contribution in [2.45, 2.75) is 27.3 Å². The molecule has 0 saturated heterocycles. The van der Waals surface area contributed by atoms with E-state index in [4.69, 9.17) is 0 Å². The number of amides is 1. The topological polar surface area (TPSA) is 53.2 Å². The van der Waals surface area contributed by atoms with Gasteiger partial charge in [0.05, 0.1) is 12.1 Å². The molecule has 0 spiro atoms. The summed E-state index contributed by atoms with van der Waals surface area (Å²) < 4.78 is 0.721. The number of nitrogens with one attached hydrogen (secondary N) is 1. The molecule has 156 valence electrons. The zero-order valence-electron chi connectivity index (χ0n) is 17.7. The molecule has 5 heteroatoms. The molecule has 1 aromatic heterocycles. The van der Waals surface area contributed by atoms with Gasteiger partial charge in [-0.2, -0.15) is 0 Å². The Hall–Kier alpha value is -3.18. The number of fused-ring (bicyclic) bond motifs is 1. The van der Waals surface area contributed by atoms with Crippen molar-refractivity contribution in [1.82, 2.24) is 4.98 Å². The van der Waals surface area contributed by atoms with E-state index in [0.29, 0.717) is 11.1 Å². The van der Waals surface area contributed by atoms with Crippen LogP contribution in [0.2, 0.25) is 0 Å². The molecule has 0 fully saturated rings. The Morgan fingerprint density at radius 2 is 1.74 bits per heavy atom. The fourth-order valence-electron chi connectivity index (χ4n) is 3.72. The summed E-state index contributed by atoms with van der Waals surface area (Å²) in [5.74, 6) is -0.162. The third-order valence-corrected chi connectivity index (χ3v) is 6.31. The van der Waals surface area contributed by atoms with Crippen LogP contribution < -0.4 is 10.5 Å². The fraction of sp³-hybridized carbons (Fsp3) is 0.154. The van der Waals surface area contributed by atoms with Gasteiger partial charge in [-0.3, -0.25) is 9.59 Å². The van der Waals surface area contributed by atoms with E-state index in [1.807, 2.05) is 81.4 Å². The maximum Gasteiger partial charge on any atom is 0.259 e. The predicted octanol–water partition coefficient (Wildman–Crippen LogP) is 6.06. The first-order valence-corrected chi connectivity index (χ1v) is 10.9. The number of H-pyrrole nitrogens is 1. The number of pyridine rings is 1. The van der Waals surface area contributed by atoms with Gasteiger partial charge in [-0.25, -0.2) is 0 Å². The smallest absolute Gasteiger partial charge is 0.259 e. The van der Waals surface area contributed by atoms with Crippen molar-refractivity contribution >= 4 is 38.4 Å². The lowest BCUT2D eigenvalue weighted by Crippen LogP contribution is -2.33. The molecular formula is C26H23BrN2O2. The molecule has 0 bridgehead atoms. The normalized spacial score (nSPS) is 11.0. The van der Waals surface area contributed by atoms with Crippen molar-refractivity contribution < 1.29 is 4.79 Å². The quantitative estimate of drug-likeness (QED) is 0.390. The largest absolute Gasteiger partial charge is 0.322 e. The Morgan fingerprint density at radius 3 is 2.52 bits per heavy atom. The van der Waals surface area contributed by atoms with Gasteiger partial charge in [0.2, 0.25) is 0 Å². The molecule has 0 aliphatic heterocycles. The molecule has 0 saturated carbocycles. The highest BCUT2D eigenvalue weighted by Gasteiger charge is 2.23. The summed E-state index contributed by atoms with van der Waals surface area (Å²) in [6.07, 6.45) is 0. The summed E-state index contributed by atoms with van der Waals surface area (Å²) >= 11 is 3.49. The Bertz CT molecular complexity index is 1360. The van der Waals surface area contributed by atoms with Crippen LogP contribution >= 0.6 is 15.9 Å². The van der Waals surface area contributed by atoms with Crippen LogP contribution in [0.15, 0.2) is 76.0 Å². The van der Waals surface area contributed by atoms with Crippen molar-refractivity contribution in [3.63, 3.8) is 0 Å². The molecule has 3 aromatic carbocycles. The van der Waals surface area contributed by atoms with E-state index < -0.39 is 0 Å². The van der Waals surface area contributed by atoms with Crippen LogP contribution in [-0.4, -0.2) is 10.9 Å². The second-order valence-corrected chi connectivity index (χ2v) is 8.66. The van der Waals surface area contributed by atoms with Gasteiger partial charge < -0.3 is 9.88 Å². The highest BCUT2D eigenvalue weighted by Crippen LogP contribution is 2.28. The van der Waals surface area contributed by atoms with E-state index in [2.05, 4.69) is 20.9 Å². The molecule has 0 atom stereocenters. The number of carbonyl (C=O) groups excluding carboxylic acids is 1. The Kier molecular flexibility index (Phi) is 5.79. The highest BCUT2D eigenvalue weighted by molar-refractivity contribution is 9.10.